The van der Waals surface area contributed by atoms with Crippen molar-refractivity contribution in [1.29, 1.82) is 0 Å². The normalized spacial score (nSPS) is 21.4. The Morgan fingerprint density at radius 2 is 0.778 bits per heavy atom. The first-order valence-electron chi connectivity index (χ1n) is 15.6. The Hall–Kier alpha value is -4.10. The van der Waals surface area contributed by atoms with Crippen LogP contribution in [-0.2, 0) is 50.1 Å². The van der Waals surface area contributed by atoms with E-state index in [9.17, 15) is 0 Å². The number of hydrogen-bond acceptors (Lipinski definition) is 5. The van der Waals surface area contributed by atoms with Gasteiger partial charge >= 0.3 is 0 Å². The minimum absolute atomic E-state index is 0.342. The first-order chi connectivity index (χ1) is 22.3. The zero-order valence-electron chi connectivity index (χ0n) is 25.4. The van der Waals surface area contributed by atoms with Crippen molar-refractivity contribution in [2.75, 3.05) is 6.61 Å². The predicted molar refractivity (Wildman–Crippen MR) is 175 cm³/mol. The molecule has 5 heteroatoms. The van der Waals surface area contributed by atoms with E-state index in [0.717, 1.165) is 27.8 Å². The summed E-state index contributed by atoms with van der Waals surface area (Å²) in [4.78, 5) is 0. The highest BCUT2D eigenvalue weighted by molar-refractivity contribution is 5.22. The Labute approximate surface area is 266 Å². The number of benzene rings is 5. The lowest BCUT2D eigenvalue weighted by Crippen LogP contribution is -2.58. The Bertz CT molecular complexity index is 1520. The summed E-state index contributed by atoms with van der Waals surface area (Å²) in [6.07, 6.45) is -2.13. The summed E-state index contributed by atoms with van der Waals surface area (Å²) >= 11 is 0. The molecule has 0 N–H and O–H groups in total. The average molecular weight is 601 g/mol. The summed E-state index contributed by atoms with van der Waals surface area (Å²) in [5, 5.41) is 0. The molecule has 1 fully saturated rings. The largest absolute Gasteiger partial charge is 0.374 e. The van der Waals surface area contributed by atoms with Crippen LogP contribution in [-0.4, -0.2) is 31.0 Å². The molecule has 1 heterocycles. The van der Waals surface area contributed by atoms with E-state index < -0.39 is 30.5 Å². The van der Waals surface area contributed by atoms with Crippen LogP contribution in [0.15, 0.2) is 152 Å². The monoisotopic (exact) mass is 600 g/mol. The maximum Gasteiger partial charge on any atom is 0.117 e. The van der Waals surface area contributed by atoms with E-state index in [0.29, 0.717) is 33.0 Å². The maximum absolute atomic E-state index is 6.94. The van der Waals surface area contributed by atoms with Gasteiger partial charge in [0.25, 0.3) is 0 Å². The van der Waals surface area contributed by atoms with Crippen LogP contribution in [0.4, 0.5) is 0 Å². The van der Waals surface area contributed by atoms with Crippen LogP contribution in [0, 0.1) is 0 Å². The molecular weight excluding hydrogens is 560 g/mol. The van der Waals surface area contributed by atoms with Crippen molar-refractivity contribution in [2.45, 2.75) is 56.9 Å². The molecule has 0 spiro atoms. The summed E-state index contributed by atoms with van der Waals surface area (Å²) in [5.74, 6) is 0. The minimum atomic E-state index is -0.453. The molecule has 0 saturated carbocycles. The molecule has 0 unspecified atom stereocenters. The zero-order valence-corrected chi connectivity index (χ0v) is 25.4. The van der Waals surface area contributed by atoms with Crippen molar-refractivity contribution in [3.8, 4) is 0 Å². The van der Waals surface area contributed by atoms with Crippen LogP contribution < -0.4 is 0 Å². The lowest BCUT2D eigenvalue weighted by Gasteiger charge is -2.46. The topological polar surface area (TPSA) is 46.2 Å². The summed E-state index contributed by atoms with van der Waals surface area (Å²) in [5.41, 5.74) is 5.38. The second-order valence-corrected chi connectivity index (χ2v) is 11.3. The smallest absolute Gasteiger partial charge is 0.117 e. The summed E-state index contributed by atoms with van der Waals surface area (Å²) in [6.45, 7) is 2.07. The van der Waals surface area contributed by atoms with Crippen LogP contribution in [0.5, 0.6) is 0 Å². The summed E-state index contributed by atoms with van der Waals surface area (Å²) < 4.78 is 33.6. The molecule has 230 valence electrons. The number of hydrogen-bond donors (Lipinski definition) is 0. The molecule has 5 nitrogen and oxygen atoms in total. The van der Waals surface area contributed by atoms with E-state index >= 15 is 0 Å². The number of ether oxygens (including phenoxy) is 5. The zero-order chi connectivity index (χ0) is 30.5. The van der Waals surface area contributed by atoms with E-state index in [2.05, 4.69) is 60.7 Å². The third-order valence-corrected chi connectivity index (χ3v) is 8.01. The van der Waals surface area contributed by atoms with Crippen LogP contribution in [0.3, 0.4) is 0 Å². The molecule has 0 aromatic heterocycles. The van der Waals surface area contributed by atoms with E-state index in [4.69, 9.17) is 23.7 Å². The van der Waals surface area contributed by atoms with Crippen molar-refractivity contribution in [3.63, 3.8) is 0 Å². The standard InChI is InChI=1S/C40H40O5/c1-6-16-31(17-7-1)26-41-30-36-38(42-27-32-18-8-2-9-19-32)40(44-29-34-22-12-4-13-23-34)39(43-28-33-20-10-3-11-21-33)37(45-36)35-24-14-5-15-25-35/h1-25,36-40H,26-30H2/t36-,37+,38-,39+,40+/m1/s1. The molecule has 1 aliphatic rings. The molecule has 0 amide bonds. The highest BCUT2D eigenvalue weighted by Crippen LogP contribution is 2.38. The van der Waals surface area contributed by atoms with Gasteiger partial charge < -0.3 is 23.7 Å². The highest BCUT2D eigenvalue weighted by Gasteiger charge is 2.49. The van der Waals surface area contributed by atoms with E-state index in [-0.39, 0.29) is 0 Å². The van der Waals surface area contributed by atoms with Gasteiger partial charge in [-0.2, -0.15) is 0 Å². The average Bonchev–Trinajstić information content (AvgIpc) is 3.11. The Balaban J connectivity index is 1.32. The molecule has 45 heavy (non-hydrogen) atoms. The second-order valence-electron chi connectivity index (χ2n) is 11.3. The van der Waals surface area contributed by atoms with Gasteiger partial charge in [0, 0.05) is 0 Å². The second kappa shape index (κ2) is 16.3. The first kappa shape index (κ1) is 30.9. The van der Waals surface area contributed by atoms with Crippen molar-refractivity contribution < 1.29 is 23.7 Å². The Morgan fingerprint density at radius 3 is 1.24 bits per heavy atom. The third-order valence-electron chi connectivity index (χ3n) is 8.01. The fourth-order valence-corrected chi connectivity index (χ4v) is 5.70. The number of rotatable bonds is 14. The first-order valence-corrected chi connectivity index (χ1v) is 15.6. The lowest BCUT2D eigenvalue weighted by molar-refractivity contribution is -0.275. The molecule has 0 bridgehead atoms. The van der Waals surface area contributed by atoms with Crippen molar-refractivity contribution in [3.05, 3.63) is 179 Å². The van der Waals surface area contributed by atoms with Crippen LogP contribution in [0.1, 0.15) is 33.9 Å². The molecule has 5 atom stereocenters. The third kappa shape index (κ3) is 8.76. The van der Waals surface area contributed by atoms with Gasteiger partial charge in [-0.05, 0) is 27.8 Å². The van der Waals surface area contributed by atoms with Crippen LogP contribution in [0.25, 0.3) is 0 Å². The molecule has 5 aromatic rings. The molecule has 0 radical (unpaired) electrons. The maximum atomic E-state index is 6.94. The summed E-state index contributed by atoms with van der Waals surface area (Å²) in [7, 11) is 0. The van der Waals surface area contributed by atoms with E-state index in [1.165, 1.54) is 0 Å². The predicted octanol–water partition coefficient (Wildman–Crippen LogP) is 8.10. The van der Waals surface area contributed by atoms with E-state index in [1.54, 1.807) is 0 Å². The van der Waals surface area contributed by atoms with Crippen molar-refractivity contribution >= 4 is 0 Å². The van der Waals surface area contributed by atoms with Gasteiger partial charge in [0.2, 0.25) is 0 Å². The Kier molecular flexibility index (Phi) is 11.2. The molecule has 1 aliphatic heterocycles. The van der Waals surface area contributed by atoms with Gasteiger partial charge in [-0.25, -0.2) is 0 Å². The van der Waals surface area contributed by atoms with Crippen molar-refractivity contribution in [2.24, 2.45) is 0 Å². The fraction of sp³-hybridized carbons (Fsp3) is 0.250. The highest BCUT2D eigenvalue weighted by atomic mass is 16.6. The molecule has 5 aromatic carbocycles. The molecule has 0 aliphatic carbocycles. The van der Waals surface area contributed by atoms with E-state index in [1.807, 2.05) is 91.0 Å². The summed E-state index contributed by atoms with van der Waals surface area (Å²) in [6, 6.07) is 51.1. The van der Waals surface area contributed by atoms with Crippen LogP contribution in [0.2, 0.25) is 0 Å². The van der Waals surface area contributed by atoms with Gasteiger partial charge in [-0.3, -0.25) is 0 Å². The van der Waals surface area contributed by atoms with Gasteiger partial charge in [0.05, 0.1) is 33.0 Å². The minimum Gasteiger partial charge on any atom is -0.374 e. The van der Waals surface area contributed by atoms with Crippen LogP contribution >= 0.6 is 0 Å². The molecule has 6 rings (SSSR count). The van der Waals surface area contributed by atoms with Crippen molar-refractivity contribution in [1.82, 2.24) is 0 Å². The quantitative estimate of drug-likeness (QED) is 0.129. The SMILES string of the molecule is c1ccc(COC[C@H]2O[C@@H](c3ccccc3)[C@H](OCc3ccccc3)[C@@H](OCc3ccccc3)[C@@H]2OCc2ccccc2)cc1. The van der Waals surface area contributed by atoms with Gasteiger partial charge in [-0.1, -0.05) is 152 Å². The molecular formula is C40H40O5. The van der Waals surface area contributed by atoms with Gasteiger partial charge in [-0.15, -0.1) is 0 Å². The molecule has 1 saturated heterocycles. The fourth-order valence-electron chi connectivity index (χ4n) is 5.70. The van der Waals surface area contributed by atoms with Gasteiger partial charge in [0.15, 0.2) is 0 Å². The Morgan fingerprint density at radius 1 is 0.400 bits per heavy atom. The van der Waals surface area contributed by atoms with Gasteiger partial charge in [0.1, 0.15) is 30.5 Å². The lowest BCUT2D eigenvalue weighted by atomic mass is 9.90.